The fraction of sp³-hybridized carbons (Fsp3) is 0.625. The van der Waals surface area contributed by atoms with Gasteiger partial charge in [0.15, 0.2) is 0 Å². The van der Waals surface area contributed by atoms with E-state index in [9.17, 15) is 8.42 Å². The quantitative estimate of drug-likeness (QED) is 0.448. The molecular formula is C16H29NO6S. The van der Waals surface area contributed by atoms with Crippen LogP contribution < -0.4 is 0 Å². The molecule has 0 atom stereocenters. The van der Waals surface area contributed by atoms with Gasteiger partial charge in [-0.25, -0.2) is 0 Å². The normalized spacial score (nSPS) is 11.2. The van der Waals surface area contributed by atoms with Gasteiger partial charge < -0.3 is 15.3 Å². The molecule has 8 heteroatoms. The molecule has 24 heavy (non-hydrogen) atoms. The van der Waals surface area contributed by atoms with Gasteiger partial charge in [-0.05, 0) is 30.5 Å². The first-order valence-corrected chi connectivity index (χ1v) is 9.44. The maximum atomic E-state index is 10.7. The van der Waals surface area contributed by atoms with E-state index in [1.807, 2.05) is 0 Å². The monoisotopic (exact) mass is 363 g/mol. The minimum absolute atomic E-state index is 0.0438. The molecule has 0 aliphatic heterocycles. The average molecular weight is 363 g/mol. The molecule has 0 saturated carbocycles. The van der Waals surface area contributed by atoms with Crippen molar-refractivity contribution in [3.05, 3.63) is 29.8 Å². The highest BCUT2D eigenvalue weighted by Gasteiger charge is 2.07. The number of hydrogen-bond donors (Lipinski definition) is 4. The van der Waals surface area contributed by atoms with Gasteiger partial charge in [0.05, 0.1) is 24.7 Å². The van der Waals surface area contributed by atoms with Gasteiger partial charge in [0.25, 0.3) is 10.1 Å². The van der Waals surface area contributed by atoms with E-state index >= 15 is 0 Å². The number of aryl methyl sites for hydroxylation is 1. The van der Waals surface area contributed by atoms with Gasteiger partial charge in [-0.1, -0.05) is 25.5 Å². The fourth-order valence-corrected chi connectivity index (χ4v) is 2.45. The zero-order valence-corrected chi connectivity index (χ0v) is 15.0. The first-order valence-electron chi connectivity index (χ1n) is 8.00. The Morgan fingerprint density at radius 3 is 1.71 bits per heavy atom. The molecule has 0 heterocycles. The first-order chi connectivity index (χ1) is 11.4. The molecule has 0 unspecified atom stereocenters. The van der Waals surface area contributed by atoms with E-state index in [0.717, 1.165) is 24.8 Å². The molecule has 0 radical (unpaired) electrons. The fourth-order valence-electron chi connectivity index (χ4n) is 1.97. The van der Waals surface area contributed by atoms with Crippen molar-refractivity contribution >= 4 is 10.1 Å². The van der Waals surface area contributed by atoms with Crippen LogP contribution in [-0.4, -0.2) is 72.6 Å². The number of aliphatic hydroxyl groups excluding tert-OH is 3. The summed E-state index contributed by atoms with van der Waals surface area (Å²) in [5, 5.41) is 25.5. The maximum Gasteiger partial charge on any atom is 0.294 e. The summed E-state index contributed by atoms with van der Waals surface area (Å²) in [6.07, 6.45) is 3.15. The van der Waals surface area contributed by atoms with Gasteiger partial charge >= 0.3 is 0 Å². The number of hydrogen-bond acceptors (Lipinski definition) is 6. The lowest BCUT2D eigenvalue weighted by atomic mass is 10.1. The van der Waals surface area contributed by atoms with Crippen molar-refractivity contribution in [2.24, 2.45) is 0 Å². The largest absolute Gasteiger partial charge is 0.395 e. The summed E-state index contributed by atoms with van der Waals surface area (Å²) < 4.78 is 30.2. The van der Waals surface area contributed by atoms with Crippen LogP contribution in [0.5, 0.6) is 0 Å². The van der Waals surface area contributed by atoms with E-state index in [4.69, 9.17) is 19.9 Å². The van der Waals surface area contributed by atoms with Crippen molar-refractivity contribution in [1.82, 2.24) is 4.90 Å². The van der Waals surface area contributed by atoms with Crippen molar-refractivity contribution in [1.29, 1.82) is 0 Å². The standard InChI is InChI=1S/C10H14O3S.C6H15NO3/c1-2-3-4-9-5-7-10(8-6-9)14(11,12)13;8-4-1-7(2-5-9)3-6-10/h5-8H,2-4H2,1H3,(H,11,12,13);8-10H,1-6H2. The Morgan fingerprint density at radius 1 is 0.917 bits per heavy atom. The number of nitrogens with zero attached hydrogens (tertiary/aromatic N) is 1. The summed E-state index contributed by atoms with van der Waals surface area (Å²) in [5.74, 6) is 0. The molecule has 0 aliphatic rings. The Labute approximate surface area is 144 Å². The van der Waals surface area contributed by atoms with Crippen molar-refractivity contribution in [2.75, 3.05) is 39.5 Å². The van der Waals surface area contributed by atoms with Crippen LogP contribution >= 0.6 is 0 Å². The molecule has 0 saturated heterocycles. The van der Waals surface area contributed by atoms with Crippen LogP contribution in [0.1, 0.15) is 25.3 Å². The molecule has 140 valence electrons. The third-order valence-corrected chi connectivity index (χ3v) is 4.16. The Kier molecular flexibility index (Phi) is 12.7. The Bertz CT molecular complexity index is 504. The molecule has 0 spiro atoms. The lowest BCUT2D eigenvalue weighted by Crippen LogP contribution is -2.32. The van der Waals surface area contributed by atoms with Crippen molar-refractivity contribution in [2.45, 2.75) is 31.1 Å². The van der Waals surface area contributed by atoms with Gasteiger partial charge in [-0.15, -0.1) is 0 Å². The smallest absolute Gasteiger partial charge is 0.294 e. The molecule has 1 rings (SSSR count). The molecular weight excluding hydrogens is 334 g/mol. The second-order valence-corrected chi connectivity index (χ2v) is 6.66. The summed E-state index contributed by atoms with van der Waals surface area (Å²) in [5.41, 5.74) is 1.10. The van der Waals surface area contributed by atoms with E-state index in [1.165, 1.54) is 12.1 Å². The van der Waals surface area contributed by atoms with Crippen LogP contribution in [-0.2, 0) is 16.5 Å². The van der Waals surface area contributed by atoms with Crippen LogP contribution in [0.2, 0.25) is 0 Å². The Hall–Kier alpha value is -1.03. The Balaban J connectivity index is 0.000000470. The summed E-state index contributed by atoms with van der Waals surface area (Å²) in [6.45, 7) is 3.86. The van der Waals surface area contributed by atoms with E-state index in [2.05, 4.69) is 6.92 Å². The van der Waals surface area contributed by atoms with Crippen LogP contribution in [0.4, 0.5) is 0 Å². The number of benzene rings is 1. The van der Waals surface area contributed by atoms with Gasteiger partial charge in [-0.2, -0.15) is 8.42 Å². The molecule has 7 nitrogen and oxygen atoms in total. The van der Waals surface area contributed by atoms with E-state index < -0.39 is 10.1 Å². The van der Waals surface area contributed by atoms with E-state index in [1.54, 1.807) is 17.0 Å². The summed E-state index contributed by atoms with van der Waals surface area (Å²) in [7, 11) is -4.04. The van der Waals surface area contributed by atoms with Crippen molar-refractivity contribution < 1.29 is 28.3 Å². The average Bonchev–Trinajstić information content (AvgIpc) is 2.54. The molecule has 0 aromatic heterocycles. The van der Waals surface area contributed by atoms with Crippen LogP contribution in [0.3, 0.4) is 0 Å². The molecule has 0 fully saturated rings. The second-order valence-electron chi connectivity index (χ2n) is 5.24. The number of rotatable bonds is 10. The number of aliphatic hydroxyl groups is 3. The van der Waals surface area contributed by atoms with E-state index in [0.29, 0.717) is 19.6 Å². The third kappa shape index (κ3) is 10.7. The zero-order chi connectivity index (χ0) is 18.4. The van der Waals surface area contributed by atoms with E-state index in [-0.39, 0.29) is 24.7 Å². The molecule has 0 amide bonds. The minimum atomic E-state index is -4.04. The number of unbranched alkanes of at least 4 members (excludes halogenated alkanes) is 1. The SMILES string of the molecule is CCCCc1ccc(S(=O)(=O)O)cc1.OCCN(CCO)CCO. The van der Waals surface area contributed by atoms with Gasteiger partial charge in [0, 0.05) is 19.6 Å². The molecule has 1 aromatic carbocycles. The summed E-state index contributed by atoms with van der Waals surface area (Å²) in [6, 6.07) is 6.33. The summed E-state index contributed by atoms with van der Waals surface area (Å²) in [4.78, 5) is 1.75. The molecule has 0 bridgehead atoms. The van der Waals surface area contributed by atoms with Crippen molar-refractivity contribution in [3.63, 3.8) is 0 Å². The highest BCUT2D eigenvalue weighted by atomic mass is 32.2. The molecule has 0 aliphatic carbocycles. The topological polar surface area (TPSA) is 118 Å². The van der Waals surface area contributed by atoms with Crippen LogP contribution in [0.15, 0.2) is 29.2 Å². The van der Waals surface area contributed by atoms with Gasteiger partial charge in [0.2, 0.25) is 0 Å². The predicted molar refractivity (Wildman–Crippen MR) is 92.6 cm³/mol. The predicted octanol–water partition coefficient (Wildman–Crippen LogP) is 0.541. The molecule has 4 N–H and O–H groups in total. The van der Waals surface area contributed by atoms with Crippen LogP contribution in [0, 0.1) is 0 Å². The minimum Gasteiger partial charge on any atom is -0.395 e. The lowest BCUT2D eigenvalue weighted by Gasteiger charge is -2.17. The zero-order valence-electron chi connectivity index (χ0n) is 14.1. The lowest BCUT2D eigenvalue weighted by molar-refractivity contribution is 0.136. The highest BCUT2D eigenvalue weighted by Crippen LogP contribution is 2.11. The highest BCUT2D eigenvalue weighted by molar-refractivity contribution is 7.85. The maximum absolute atomic E-state index is 10.7. The third-order valence-electron chi connectivity index (χ3n) is 3.29. The second kappa shape index (κ2) is 13.3. The summed E-state index contributed by atoms with van der Waals surface area (Å²) >= 11 is 0. The molecule has 1 aromatic rings. The van der Waals surface area contributed by atoms with Gasteiger partial charge in [0.1, 0.15) is 0 Å². The van der Waals surface area contributed by atoms with Crippen LogP contribution in [0.25, 0.3) is 0 Å². The van der Waals surface area contributed by atoms with Gasteiger partial charge in [-0.3, -0.25) is 9.45 Å². The first kappa shape index (κ1) is 23.0. The van der Waals surface area contributed by atoms with Crippen molar-refractivity contribution in [3.8, 4) is 0 Å². The Morgan fingerprint density at radius 2 is 1.38 bits per heavy atom.